The van der Waals surface area contributed by atoms with Crippen molar-refractivity contribution in [2.75, 3.05) is 19.8 Å². The summed E-state index contributed by atoms with van der Waals surface area (Å²) >= 11 is 0. The lowest BCUT2D eigenvalue weighted by atomic mass is 9.79. The lowest BCUT2D eigenvalue weighted by Crippen LogP contribution is -2.37. The number of carbonyl (C=O) groups excluding carboxylic acids is 1. The van der Waals surface area contributed by atoms with Crippen molar-refractivity contribution in [3.05, 3.63) is 0 Å². The summed E-state index contributed by atoms with van der Waals surface area (Å²) < 4.78 is 5.08. The highest BCUT2D eigenvalue weighted by atomic mass is 16.5. The fraction of sp³-hybridized carbons (Fsp3) is 0.833. The second-order valence-electron chi connectivity index (χ2n) is 4.02. The zero-order valence-electron chi connectivity index (χ0n) is 10.9. The van der Waals surface area contributed by atoms with Gasteiger partial charge in [0.15, 0.2) is 0 Å². The van der Waals surface area contributed by atoms with E-state index in [-0.39, 0.29) is 12.3 Å². The molecule has 17 heavy (non-hydrogen) atoms. The molecule has 2 N–H and O–H groups in total. The summed E-state index contributed by atoms with van der Waals surface area (Å²) in [5, 5.41) is 11.8. The fourth-order valence-electron chi connectivity index (χ4n) is 1.65. The highest BCUT2D eigenvalue weighted by Gasteiger charge is 2.36. The van der Waals surface area contributed by atoms with Crippen molar-refractivity contribution in [1.82, 2.24) is 5.32 Å². The van der Waals surface area contributed by atoms with E-state index >= 15 is 0 Å². The van der Waals surface area contributed by atoms with Crippen LogP contribution < -0.4 is 5.32 Å². The molecular formula is C12H23NO4. The molecule has 0 rings (SSSR count). The number of carboxylic acids is 1. The third-order valence-electron chi connectivity index (χ3n) is 3.08. The van der Waals surface area contributed by atoms with E-state index in [1.165, 1.54) is 0 Å². The Morgan fingerprint density at radius 1 is 1.24 bits per heavy atom. The number of aliphatic carboxylic acids is 1. The van der Waals surface area contributed by atoms with Gasteiger partial charge >= 0.3 is 5.97 Å². The molecule has 0 fully saturated rings. The molecule has 0 saturated carbocycles. The van der Waals surface area contributed by atoms with E-state index in [1.54, 1.807) is 13.8 Å². The van der Waals surface area contributed by atoms with E-state index in [0.29, 0.717) is 32.6 Å². The summed E-state index contributed by atoms with van der Waals surface area (Å²) in [4.78, 5) is 22.8. The maximum absolute atomic E-state index is 11.6. The second kappa shape index (κ2) is 8.06. The summed E-state index contributed by atoms with van der Waals surface area (Å²) in [5.74, 6) is -1.13. The van der Waals surface area contributed by atoms with Crippen molar-refractivity contribution < 1.29 is 19.4 Å². The monoisotopic (exact) mass is 245 g/mol. The van der Waals surface area contributed by atoms with E-state index < -0.39 is 11.4 Å². The van der Waals surface area contributed by atoms with E-state index in [9.17, 15) is 14.7 Å². The molecule has 5 nitrogen and oxygen atoms in total. The predicted molar refractivity (Wildman–Crippen MR) is 64.8 cm³/mol. The highest BCUT2D eigenvalue weighted by Crippen LogP contribution is 2.30. The molecule has 0 bridgehead atoms. The predicted octanol–water partition coefficient (Wildman–Crippen LogP) is 1.42. The smallest absolute Gasteiger partial charge is 0.310 e. The Morgan fingerprint density at radius 2 is 1.82 bits per heavy atom. The maximum Gasteiger partial charge on any atom is 0.310 e. The zero-order valence-corrected chi connectivity index (χ0v) is 10.9. The minimum Gasteiger partial charge on any atom is -0.481 e. The first-order valence-corrected chi connectivity index (χ1v) is 6.10. The lowest BCUT2D eigenvalue weighted by Gasteiger charge is -2.25. The van der Waals surface area contributed by atoms with Crippen LogP contribution in [0.4, 0.5) is 0 Å². The first-order chi connectivity index (χ1) is 8.02. The van der Waals surface area contributed by atoms with Gasteiger partial charge in [0.25, 0.3) is 0 Å². The largest absolute Gasteiger partial charge is 0.481 e. The summed E-state index contributed by atoms with van der Waals surface area (Å²) in [5.41, 5.74) is -0.935. The van der Waals surface area contributed by atoms with E-state index in [2.05, 4.69) is 5.32 Å². The normalized spacial score (nSPS) is 11.2. The van der Waals surface area contributed by atoms with Crippen LogP contribution in [0, 0.1) is 5.41 Å². The van der Waals surface area contributed by atoms with Crippen LogP contribution in [0.5, 0.6) is 0 Å². The standard InChI is InChI=1S/C12H23NO4/c1-4-12(5-2,11(15)16)9-10(14)13-7-8-17-6-3/h4-9H2,1-3H3,(H,13,14)(H,15,16). The molecule has 0 aliphatic rings. The van der Waals surface area contributed by atoms with Crippen molar-refractivity contribution in [2.24, 2.45) is 5.41 Å². The lowest BCUT2D eigenvalue weighted by molar-refractivity contribution is -0.152. The van der Waals surface area contributed by atoms with Gasteiger partial charge in [-0.05, 0) is 19.8 Å². The number of ether oxygens (including phenoxy) is 1. The molecule has 0 aliphatic heterocycles. The topological polar surface area (TPSA) is 75.6 Å². The number of carboxylic acid groups (broad SMARTS) is 1. The van der Waals surface area contributed by atoms with Crippen molar-refractivity contribution >= 4 is 11.9 Å². The van der Waals surface area contributed by atoms with Crippen LogP contribution in [0.2, 0.25) is 0 Å². The molecule has 0 radical (unpaired) electrons. The highest BCUT2D eigenvalue weighted by molar-refractivity contribution is 5.84. The summed E-state index contributed by atoms with van der Waals surface area (Å²) in [6.45, 7) is 6.97. The molecule has 0 saturated heterocycles. The molecule has 0 unspecified atom stereocenters. The van der Waals surface area contributed by atoms with Gasteiger partial charge in [-0.2, -0.15) is 0 Å². The van der Waals surface area contributed by atoms with Crippen LogP contribution in [-0.2, 0) is 14.3 Å². The quantitative estimate of drug-likeness (QED) is 0.602. The number of rotatable bonds is 9. The minimum absolute atomic E-state index is 0.0292. The number of nitrogens with one attached hydrogen (secondary N) is 1. The van der Waals surface area contributed by atoms with Crippen molar-refractivity contribution in [3.63, 3.8) is 0 Å². The average Bonchev–Trinajstić information content (AvgIpc) is 2.31. The Hall–Kier alpha value is -1.10. The van der Waals surface area contributed by atoms with E-state index in [1.807, 2.05) is 6.92 Å². The Kier molecular flexibility index (Phi) is 7.54. The van der Waals surface area contributed by atoms with Crippen LogP contribution in [0.15, 0.2) is 0 Å². The van der Waals surface area contributed by atoms with Crippen LogP contribution >= 0.6 is 0 Å². The van der Waals surface area contributed by atoms with Crippen molar-refractivity contribution in [1.29, 1.82) is 0 Å². The number of amides is 1. The Bertz CT molecular complexity index is 249. The first kappa shape index (κ1) is 15.9. The van der Waals surface area contributed by atoms with Gasteiger partial charge in [0.1, 0.15) is 0 Å². The molecular weight excluding hydrogens is 222 g/mol. The molecule has 100 valence electrons. The molecule has 0 heterocycles. The minimum atomic E-state index is -0.935. The number of hydrogen-bond donors (Lipinski definition) is 2. The molecule has 0 aromatic heterocycles. The Labute approximate surface area is 103 Å². The van der Waals surface area contributed by atoms with Gasteiger partial charge in [-0.15, -0.1) is 0 Å². The van der Waals surface area contributed by atoms with E-state index in [0.717, 1.165) is 0 Å². The summed E-state index contributed by atoms with van der Waals surface area (Å²) in [6.07, 6.45) is 0.941. The van der Waals surface area contributed by atoms with Gasteiger partial charge in [-0.3, -0.25) is 9.59 Å². The maximum atomic E-state index is 11.6. The summed E-state index contributed by atoms with van der Waals surface area (Å²) in [7, 11) is 0. The SMILES string of the molecule is CCOCCNC(=O)CC(CC)(CC)C(=O)O. The molecule has 5 heteroatoms. The first-order valence-electron chi connectivity index (χ1n) is 6.10. The average molecular weight is 245 g/mol. The third-order valence-corrected chi connectivity index (χ3v) is 3.08. The fourth-order valence-corrected chi connectivity index (χ4v) is 1.65. The summed E-state index contributed by atoms with van der Waals surface area (Å²) in [6, 6.07) is 0. The van der Waals surface area contributed by atoms with Crippen LogP contribution in [0.25, 0.3) is 0 Å². The second-order valence-corrected chi connectivity index (χ2v) is 4.02. The molecule has 0 aromatic rings. The van der Waals surface area contributed by atoms with Gasteiger partial charge in [0.05, 0.1) is 12.0 Å². The van der Waals surface area contributed by atoms with Crippen LogP contribution in [-0.4, -0.2) is 36.7 Å². The molecule has 0 atom stereocenters. The van der Waals surface area contributed by atoms with Gasteiger partial charge < -0.3 is 15.2 Å². The van der Waals surface area contributed by atoms with Crippen molar-refractivity contribution in [3.8, 4) is 0 Å². The third kappa shape index (κ3) is 5.17. The van der Waals surface area contributed by atoms with E-state index in [4.69, 9.17) is 4.74 Å². The van der Waals surface area contributed by atoms with Crippen molar-refractivity contribution in [2.45, 2.75) is 40.0 Å². The number of hydrogen-bond acceptors (Lipinski definition) is 3. The molecule has 1 amide bonds. The number of carbonyl (C=O) groups is 2. The Balaban J connectivity index is 4.18. The van der Waals surface area contributed by atoms with Gasteiger partial charge in [0, 0.05) is 19.6 Å². The van der Waals surface area contributed by atoms with Gasteiger partial charge in [0.2, 0.25) is 5.91 Å². The Morgan fingerprint density at radius 3 is 2.24 bits per heavy atom. The molecule has 0 aromatic carbocycles. The molecule has 0 aliphatic carbocycles. The van der Waals surface area contributed by atoms with Crippen LogP contribution in [0.1, 0.15) is 40.0 Å². The van der Waals surface area contributed by atoms with Crippen LogP contribution in [0.3, 0.4) is 0 Å². The zero-order chi connectivity index (χ0) is 13.3. The van der Waals surface area contributed by atoms with Gasteiger partial charge in [-0.25, -0.2) is 0 Å². The van der Waals surface area contributed by atoms with Gasteiger partial charge in [-0.1, -0.05) is 13.8 Å². The molecule has 0 spiro atoms.